The lowest BCUT2D eigenvalue weighted by molar-refractivity contribution is 0.150. The highest BCUT2D eigenvalue weighted by Gasteiger charge is 2.25. The molecule has 1 aliphatic heterocycles. The van der Waals surface area contributed by atoms with Gasteiger partial charge in [-0.1, -0.05) is 26.2 Å². The number of hydrogen-bond acceptors (Lipinski definition) is 4. The van der Waals surface area contributed by atoms with Crippen LogP contribution in [0.2, 0.25) is 0 Å². The van der Waals surface area contributed by atoms with Gasteiger partial charge in [0, 0.05) is 39.3 Å². The summed E-state index contributed by atoms with van der Waals surface area (Å²) in [7, 11) is -1.85. The molecular formula is C17H31N5O2S. The van der Waals surface area contributed by atoms with Crippen molar-refractivity contribution in [2.75, 3.05) is 20.1 Å². The average Bonchev–Trinajstić information content (AvgIpc) is 2.90. The molecule has 0 amide bonds. The predicted molar refractivity (Wildman–Crippen MR) is 98.2 cm³/mol. The highest BCUT2D eigenvalue weighted by molar-refractivity contribution is 7.87. The Morgan fingerprint density at radius 3 is 2.72 bits per heavy atom. The molecule has 7 nitrogen and oxygen atoms in total. The molecule has 1 N–H and O–H groups in total. The van der Waals surface area contributed by atoms with Gasteiger partial charge in [0.25, 0.3) is 10.2 Å². The van der Waals surface area contributed by atoms with Crippen LogP contribution in [0.25, 0.3) is 0 Å². The first-order valence-corrected chi connectivity index (χ1v) is 10.9. The molecule has 1 fully saturated rings. The summed E-state index contributed by atoms with van der Waals surface area (Å²) < 4.78 is 30.1. The molecular weight excluding hydrogens is 338 g/mol. The Morgan fingerprint density at radius 1 is 1.24 bits per heavy atom. The molecule has 25 heavy (non-hydrogen) atoms. The van der Waals surface area contributed by atoms with Gasteiger partial charge in [-0.3, -0.25) is 9.58 Å². The summed E-state index contributed by atoms with van der Waals surface area (Å²) in [6.45, 7) is 5.50. The fourth-order valence-electron chi connectivity index (χ4n) is 3.84. The van der Waals surface area contributed by atoms with Crippen molar-refractivity contribution in [3.63, 3.8) is 0 Å². The summed E-state index contributed by atoms with van der Waals surface area (Å²) in [6, 6.07) is 2.77. The maximum atomic E-state index is 12.1. The molecule has 1 aromatic rings. The predicted octanol–water partition coefficient (Wildman–Crippen LogP) is 1.71. The van der Waals surface area contributed by atoms with Gasteiger partial charge in [0.1, 0.15) is 0 Å². The molecule has 1 saturated carbocycles. The maximum absolute atomic E-state index is 12.1. The zero-order valence-electron chi connectivity index (χ0n) is 15.4. The molecule has 1 aliphatic carbocycles. The minimum atomic E-state index is -3.42. The molecule has 0 saturated heterocycles. The van der Waals surface area contributed by atoms with Crippen LogP contribution in [0.3, 0.4) is 0 Å². The van der Waals surface area contributed by atoms with Crippen LogP contribution in [0.1, 0.15) is 56.8 Å². The monoisotopic (exact) mass is 369 g/mol. The highest BCUT2D eigenvalue weighted by Crippen LogP contribution is 2.26. The van der Waals surface area contributed by atoms with E-state index in [1.165, 1.54) is 42.1 Å². The zero-order valence-corrected chi connectivity index (χ0v) is 16.3. The molecule has 0 unspecified atom stereocenters. The second-order valence-electron chi connectivity index (χ2n) is 7.21. The molecule has 0 aromatic carbocycles. The van der Waals surface area contributed by atoms with E-state index in [0.29, 0.717) is 12.6 Å². The van der Waals surface area contributed by atoms with Crippen molar-refractivity contribution in [3.05, 3.63) is 17.5 Å². The third-order valence-corrected chi connectivity index (χ3v) is 7.06. The number of hydrogen-bond donors (Lipinski definition) is 1. The third-order valence-electron chi connectivity index (χ3n) is 5.48. The number of nitrogens with one attached hydrogen (secondary N) is 1. The number of nitrogens with zero attached hydrogens (tertiary/aromatic N) is 4. The largest absolute Gasteiger partial charge is 0.295 e. The average molecular weight is 370 g/mol. The van der Waals surface area contributed by atoms with Gasteiger partial charge >= 0.3 is 0 Å². The van der Waals surface area contributed by atoms with Gasteiger partial charge < -0.3 is 0 Å². The van der Waals surface area contributed by atoms with Crippen LogP contribution in [-0.4, -0.2) is 53.6 Å². The molecule has 2 heterocycles. The number of aromatic nitrogens is 2. The van der Waals surface area contributed by atoms with Crippen LogP contribution >= 0.6 is 0 Å². The van der Waals surface area contributed by atoms with E-state index in [4.69, 9.17) is 0 Å². The molecule has 1 aromatic heterocycles. The standard InChI is InChI=1S/C17H31N5O2S/c1-3-20(2)25(23,24)18-13-15-12-17-14-21(10-7-11-22(17)19-15)16-8-5-4-6-9-16/h12,16,18H,3-11,13-14H2,1-2H3. The second-order valence-corrected chi connectivity index (χ2v) is 9.07. The molecule has 142 valence electrons. The van der Waals surface area contributed by atoms with E-state index in [1.807, 2.05) is 6.92 Å². The van der Waals surface area contributed by atoms with Crippen molar-refractivity contribution in [1.82, 2.24) is 23.7 Å². The summed E-state index contributed by atoms with van der Waals surface area (Å²) in [4.78, 5) is 2.61. The van der Waals surface area contributed by atoms with Crippen LogP contribution < -0.4 is 4.72 Å². The van der Waals surface area contributed by atoms with Crippen LogP contribution in [0, 0.1) is 0 Å². The first kappa shape index (κ1) is 18.8. The van der Waals surface area contributed by atoms with Gasteiger partial charge in [-0.25, -0.2) is 0 Å². The van der Waals surface area contributed by atoms with Crippen LogP contribution in [0.4, 0.5) is 0 Å². The lowest BCUT2D eigenvalue weighted by Crippen LogP contribution is -2.37. The molecule has 0 spiro atoms. The SMILES string of the molecule is CCN(C)S(=O)(=O)NCc1cc2n(n1)CCCN(C1CCCCC1)C2. The molecule has 0 bridgehead atoms. The fourth-order valence-corrected chi connectivity index (χ4v) is 4.73. The fraction of sp³-hybridized carbons (Fsp3) is 0.824. The summed E-state index contributed by atoms with van der Waals surface area (Å²) in [5.74, 6) is 0. The van der Waals surface area contributed by atoms with Gasteiger partial charge in [-0.05, 0) is 25.3 Å². The summed E-state index contributed by atoms with van der Waals surface area (Å²) in [5.41, 5.74) is 2.01. The first-order chi connectivity index (χ1) is 12.0. The quantitative estimate of drug-likeness (QED) is 0.829. The summed E-state index contributed by atoms with van der Waals surface area (Å²) >= 11 is 0. The van der Waals surface area contributed by atoms with Crippen LogP contribution in [0.15, 0.2) is 6.07 Å². The van der Waals surface area contributed by atoms with Gasteiger partial charge in [-0.15, -0.1) is 0 Å². The van der Waals surface area contributed by atoms with Crippen LogP contribution in [-0.2, 0) is 29.8 Å². The van der Waals surface area contributed by atoms with Crippen molar-refractivity contribution < 1.29 is 8.42 Å². The first-order valence-electron chi connectivity index (χ1n) is 9.50. The number of aryl methyl sites for hydroxylation is 1. The number of fused-ring (bicyclic) bond motifs is 1. The Morgan fingerprint density at radius 2 is 2.00 bits per heavy atom. The van der Waals surface area contributed by atoms with Crippen molar-refractivity contribution in [1.29, 1.82) is 0 Å². The summed E-state index contributed by atoms with van der Waals surface area (Å²) in [5, 5.41) is 4.62. The smallest absolute Gasteiger partial charge is 0.279 e. The van der Waals surface area contributed by atoms with Gasteiger partial charge in [-0.2, -0.15) is 22.5 Å². The summed E-state index contributed by atoms with van der Waals surface area (Å²) in [6.07, 6.45) is 7.79. The third kappa shape index (κ3) is 4.61. The number of rotatable bonds is 6. The molecule has 2 aliphatic rings. The van der Waals surface area contributed by atoms with E-state index < -0.39 is 10.2 Å². The van der Waals surface area contributed by atoms with Crippen molar-refractivity contribution in [3.8, 4) is 0 Å². The van der Waals surface area contributed by atoms with Gasteiger partial charge in [0.15, 0.2) is 0 Å². The molecule has 0 radical (unpaired) electrons. The Hall–Kier alpha value is -0.960. The Labute approximate surface area is 151 Å². The maximum Gasteiger partial charge on any atom is 0.279 e. The lowest BCUT2D eigenvalue weighted by Gasteiger charge is -2.33. The van der Waals surface area contributed by atoms with Gasteiger partial charge in [0.05, 0.1) is 17.9 Å². The lowest BCUT2D eigenvalue weighted by atomic mass is 9.94. The molecule has 8 heteroatoms. The second kappa shape index (κ2) is 8.16. The van der Waals surface area contributed by atoms with Crippen LogP contribution in [0.5, 0.6) is 0 Å². The van der Waals surface area contributed by atoms with Crippen molar-refractivity contribution in [2.24, 2.45) is 0 Å². The highest BCUT2D eigenvalue weighted by atomic mass is 32.2. The van der Waals surface area contributed by atoms with E-state index >= 15 is 0 Å². The minimum absolute atomic E-state index is 0.246. The van der Waals surface area contributed by atoms with Crippen molar-refractivity contribution >= 4 is 10.2 Å². The topological polar surface area (TPSA) is 70.5 Å². The molecule has 0 atom stereocenters. The zero-order chi connectivity index (χ0) is 17.9. The Balaban J connectivity index is 1.64. The van der Waals surface area contributed by atoms with E-state index in [2.05, 4.69) is 25.5 Å². The van der Waals surface area contributed by atoms with E-state index in [-0.39, 0.29) is 6.54 Å². The van der Waals surface area contributed by atoms with Gasteiger partial charge in [0.2, 0.25) is 0 Å². The Kier molecular flexibility index (Phi) is 6.14. The molecule has 3 rings (SSSR count). The van der Waals surface area contributed by atoms with E-state index in [1.54, 1.807) is 7.05 Å². The van der Waals surface area contributed by atoms with E-state index in [0.717, 1.165) is 31.7 Å². The minimum Gasteiger partial charge on any atom is -0.295 e. The van der Waals surface area contributed by atoms with Crippen molar-refractivity contribution in [2.45, 2.75) is 71.1 Å². The Bertz CT molecular complexity index is 667. The van der Waals surface area contributed by atoms with E-state index in [9.17, 15) is 8.42 Å². The normalized spacial score (nSPS) is 20.6.